The van der Waals surface area contributed by atoms with Crippen LogP contribution in [-0.2, 0) is 9.53 Å². The van der Waals surface area contributed by atoms with Crippen molar-refractivity contribution in [2.45, 2.75) is 6.92 Å². The van der Waals surface area contributed by atoms with Crippen molar-refractivity contribution in [2.75, 3.05) is 19.1 Å². The summed E-state index contributed by atoms with van der Waals surface area (Å²) in [6.45, 7) is 1.51. The lowest BCUT2D eigenvalue weighted by Gasteiger charge is -2.15. The molecule has 0 fully saturated rings. The average Bonchev–Trinajstić information content (AvgIpc) is 3.03. The van der Waals surface area contributed by atoms with E-state index in [4.69, 9.17) is 4.74 Å². The lowest BCUT2D eigenvalue weighted by atomic mass is 10.1. The number of methoxy groups -OCH3 is 1. The summed E-state index contributed by atoms with van der Waals surface area (Å²) in [4.78, 5) is 29.2. The number of carbonyl (C=O) groups excluding carboxylic acids is 2. The normalized spacial score (nSPS) is 10.6. The Balaban J connectivity index is 2.11. The Kier molecular flexibility index (Phi) is 4.04. The topological polar surface area (TPSA) is 63.9 Å². The number of anilines is 1. The van der Waals surface area contributed by atoms with Crippen molar-refractivity contribution in [1.82, 2.24) is 9.38 Å². The number of nitrogens with zero attached hydrogens (tertiary/aromatic N) is 3. The van der Waals surface area contributed by atoms with Crippen molar-refractivity contribution in [1.29, 1.82) is 0 Å². The summed E-state index contributed by atoms with van der Waals surface area (Å²) >= 11 is 0. The van der Waals surface area contributed by atoms with Gasteiger partial charge < -0.3 is 9.64 Å². The molecule has 0 N–H and O–H groups in total. The van der Waals surface area contributed by atoms with Crippen LogP contribution in [-0.4, -0.2) is 35.4 Å². The van der Waals surface area contributed by atoms with E-state index in [-0.39, 0.29) is 11.9 Å². The van der Waals surface area contributed by atoms with Gasteiger partial charge in [-0.05, 0) is 24.3 Å². The molecule has 0 spiro atoms. The second-order valence-electron chi connectivity index (χ2n) is 5.41. The number of carbonyl (C=O) groups is 2. The summed E-state index contributed by atoms with van der Waals surface area (Å²) in [5.74, 6) is -0.439. The molecule has 0 saturated carbocycles. The SMILES string of the molecule is COC(=O)c1cccc(-c2cnc3ccc(N(C)C(C)=O)cn23)c1. The van der Waals surface area contributed by atoms with Gasteiger partial charge in [-0.3, -0.25) is 9.20 Å². The summed E-state index contributed by atoms with van der Waals surface area (Å²) in [5.41, 5.74) is 3.66. The minimum absolute atomic E-state index is 0.0521. The number of ether oxygens (including phenoxy) is 1. The predicted octanol–water partition coefficient (Wildman–Crippen LogP) is 2.77. The van der Waals surface area contributed by atoms with E-state index in [1.54, 1.807) is 36.3 Å². The third-order valence-corrected chi connectivity index (χ3v) is 3.93. The molecular formula is C18H17N3O3. The number of imidazole rings is 1. The molecule has 1 amide bonds. The van der Waals surface area contributed by atoms with Gasteiger partial charge in [0.1, 0.15) is 5.65 Å². The molecule has 6 heteroatoms. The van der Waals surface area contributed by atoms with Crippen molar-refractivity contribution in [3.05, 3.63) is 54.4 Å². The van der Waals surface area contributed by atoms with Gasteiger partial charge in [-0.25, -0.2) is 9.78 Å². The largest absolute Gasteiger partial charge is 0.465 e. The highest BCUT2D eigenvalue weighted by Crippen LogP contribution is 2.24. The van der Waals surface area contributed by atoms with E-state index >= 15 is 0 Å². The predicted molar refractivity (Wildman–Crippen MR) is 91.1 cm³/mol. The number of esters is 1. The van der Waals surface area contributed by atoms with Crippen molar-refractivity contribution in [2.24, 2.45) is 0 Å². The van der Waals surface area contributed by atoms with Gasteiger partial charge >= 0.3 is 5.97 Å². The lowest BCUT2D eigenvalue weighted by Crippen LogP contribution is -2.23. The molecule has 2 aromatic heterocycles. The molecule has 0 aliphatic carbocycles. The average molecular weight is 323 g/mol. The molecule has 6 nitrogen and oxygen atoms in total. The first-order valence-electron chi connectivity index (χ1n) is 7.41. The number of hydrogen-bond acceptors (Lipinski definition) is 4. The first-order chi connectivity index (χ1) is 11.5. The van der Waals surface area contributed by atoms with Crippen LogP contribution < -0.4 is 4.90 Å². The summed E-state index contributed by atoms with van der Waals surface area (Å²) < 4.78 is 6.66. The Bertz CT molecular complexity index is 930. The van der Waals surface area contributed by atoms with Crippen LogP contribution in [0.3, 0.4) is 0 Å². The van der Waals surface area contributed by atoms with Gasteiger partial charge in [0.05, 0.1) is 30.3 Å². The monoisotopic (exact) mass is 323 g/mol. The van der Waals surface area contributed by atoms with E-state index in [0.29, 0.717) is 5.56 Å². The zero-order valence-electron chi connectivity index (χ0n) is 13.7. The number of rotatable bonds is 3. The second kappa shape index (κ2) is 6.16. The Morgan fingerprint density at radius 2 is 2.00 bits per heavy atom. The molecule has 0 bridgehead atoms. The number of amides is 1. The summed E-state index contributed by atoms with van der Waals surface area (Å²) in [5, 5.41) is 0. The molecule has 3 rings (SSSR count). The van der Waals surface area contributed by atoms with Crippen LogP contribution in [0.4, 0.5) is 5.69 Å². The molecule has 0 saturated heterocycles. The van der Waals surface area contributed by atoms with Crippen molar-refractivity contribution >= 4 is 23.2 Å². The van der Waals surface area contributed by atoms with Crippen molar-refractivity contribution in [3.63, 3.8) is 0 Å². The molecule has 0 atom stereocenters. The highest BCUT2D eigenvalue weighted by molar-refractivity contribution is 5.91. The molecule has 1 aromatic carbocycles. The highest BCUT2D eigenvalue weighted by Gasteiger charge is 2.12. The van der Waals surface area contributed by atoms with Crippen LogP contribution >= 0.6 is 0 Å². The second-order valence-corrected chi connectivity index (χ2v) is 5.41. The molecular weight excluding hydrogens is 306 g/mol. The van der Waals surface area contributed by atoms with Crippen LogP contribution in [0, 0.1) is 0 Å². The number of benzene rings is 1. The molecule has 0 aliphatic rings. The quantitative estimate of drug-likeness (QED) is 0.695. The maximum Gasteiger partial charge on any atom is 0.337 e. The zero-order valence-corrected chi connectivity index (χ0v) is 13.7. The van der Waals surface area contributed by atoms with E-state index in [9.17, 15) is 9.59 Å². The fourth-order valence-electron chi connectivity index (χ4n) is 2.49. The third-order valence-electron chi connectivity index (χ3n) is 3.93. The van der Waals surface area contributed by atoms with E-state index < -0.39 is 0 Å². The minimum Gasteiger partial charge on any atom is -0.465 e. The van der Waals surface area contributed by atoms with Gasteiger partial charge in [-0.15, -0.1) is 0 Å². The van der Waals surface area contributed by atoms with E-state index in [0.717, 1.165) is 22.6 Å². The Hall–Kier alpha value is -3.15. The number of fused-ring (bicyclic) bond motifs is 1. The fraction of sp³-hybridized carbons (Fsp3) is 0.167. The number of aromatic nitrogens is 2. The van der Waals surface area contributed by atoms with Gasteiger partial charge in [-0.2, -0.15) is 0 Å². The Morgan fingerprint density at radius 1 is 1.21 bits per heavy atom. The van der Waals surface area contributed by atoms with Crippen LogP contribution in [0.15, 0.2) is 48.8 Å². The summed E-state index contributed by atoms with van der Waals surface area (Å²) in [6, 6.07) is 10.9. The standard InChI is InChI=1S/C18H17N3O3/c1-12(22)20(2)15-7-8-17-19-10-16(21(17)11-15)13-5-4-6-14(9-13)18(23)24-3/h4-11H,1-3H3. The third kappa shape index (κ3) is 2.74. The highest BCUT2D eigenvalue weighted by atomic mass is 16.5. The van der Waals surface area contributed by atoms with Gasteiger partial charge in [0.2, 0.25) is 5.91 Å². The van der Waals surface area contributed by atoms with Crippen molar-refractivity contribution < 1.29 is 14.3 Å². The van der Waals surface area contributed by atoms with E-state index in [2.05, 4.69) is 4.98 Å². The first-order valence-corrected chi connectivity index (χ1v) is 7.41. The number of hydrogen-bond donors (Lipinski definition) is 0. The van der Waals surface area contributed by atoms with Gasteiger partial charge in [0, 0.05) is 25.7 Å². The van der Waals surface area contributed by atoms with E-state index in [1.807, 2.05) is 28.8 Å². The molecule has 3 aromatic rings. The van der Waals surface area contributed by atoms with Gasteiger partial charge in [-0.1, -0.05) is 12.1 Å². The smallest absolute Gasteiger partial charge is 0.337 e. The lowest BCUT2D eigenvalue weighted by molar-refractivity contribution is -0.116. The molecule has 24 heavy (non-hydrogen) atoms. The Labute approximate surface area is 139 Å². The number of pyridine rings is 1. The van der Waals surface area contributed by atoms with E-state index in [1.165, 1.54) is 14.0 Å². The van der Waals surface area contributed by atoms with Crippen molar-refractivity contribution in [3.8, 4) is 11.3 Å². The van der Waals surface area contributed by atoms with Gasteiger partial charge in [0.15, 0.2) is 0 Å². The van der Waals surface area contributed by atoms with Crippen LogP contribution in [0.2, 0.25) is 0 Å². The van der Waals surface area contributed by atoms with Crippen LogP contribution in [0.1, 0.15) is 17.3 Å². The van der Waals surface area contributed by atoms with Crippen LogP contribution in [0.5, 0.6) is 0 Å². The van der Waals surface area contributed by atoms with Gasteiger partial charge in [0.25, 0.3) is 0 Å². The molecule has 0 radical (unpaired) electrons. The Morgan fingerprint density at radius 3 is 2.71 bits per heavy atom. The first kappa shape index (κ1) is 15.7. The molecule has 2 heterocycles. The maximum absolute atomic E-state index is 11.7. The fourth-order valence-corrected chi connectivity index (χ4v) is 2.49. The summed E-state index contributed by atoms with van der Waals surface area (Å²) in [6.07, 6.45) is 3.59. The van der Waals surface area contributed by atoms with Crippen LogP contribution in [0.25, 0.3) is 16.9 Å². The minimum atomic E-state index is -0.386. The zero-order chi connectivity index (χ0) is 17.3. The summed E-state index contributed by atoms with van der Waals surface area (Å²) in [7, 11) is 3.07. The maximum atomic E-state index is 11.7. The molecule has 0 aliphatic heterocycles. The molecule has 0 unspecified atom stereocenters. The molecule has 122 valence electrons.